The molecule has 1 saturated heterocycles. The predicted molar refractivity (Wildman–Crippen MR) is 80.7 cm³/mol. The minimum absolute atomic E-state index is 0. The van der Waals surface area contributed by atoms with Gasteiger partial charge in [0.25, 0.3) is 0 Å². The van der Waals surface area contributed by atoms with Gasteiger partial charge in [-0.3, -0.25) is 9.89 Å². The van der Waals surface area contributed by atoms with Crippen molar-refractivity contribution < 1.29 is 0 Å². The third kappa shape index (κ3) is 4.86. The zero-order valence-corrected chi connectivity index (χ0v) is 13.0. The first-order chi connectivity index (χ1) is 7.31. The summed E-state index contributed by atoms with van der Waals surface area (Å²) in [5.74, 6) is 0.917. The van der Waals surface area contributed by atoms with Crippen LogP contribution in [0.4, 0.5) is 0 Å². The van der Waals surface area contributed by atoms with Gasteiger partial charge in [0.1, 0.15) is 0 Å². The molecule has 1 aliphatic heterocycles. The van der Waals surface area contributed by atoms with E-state index in [0.717, 1.165) is 25.6 Å². The molecular formula is C11H25IN4. The van der Waals surface area contributed by atoms with E-state index >= 15 is 0 Å². The number of rotatable bonds is 4. The van der Waals surface area contributed by atoms with E-state index in [1.54, 1.807) is 0 Å². The number of likely N-dealkylation sites (N-methyl/N-ethyl adjacent to an activating group) is 1. The van der Waals surface area contributed by atoms with Gasteiger partial charge in [0.05, 0.1) is 0 Å². The standard InChI is InChI=1S/C11H24N4.HI/c1-4-13-11(12-3)14-9-10-7-6-8-15(10)5-2;/h10H,4-9H2,1-3H3,(H2,12,13,14);1H. The minimum Gasteiger partial charge on any atom is -0.357 e. The van der Waals surface area contributed by atoms with Crippen molar-refractivity contribution in [2.45, 2.75) is 32.7 Å². The molecule has 1 heterocycles. The van der Waals surface area contributed by atoms with Crippen LogP contribution in [-0.2, 0) is 0 Å². The van der Waals surface area contributed by atoms with Gasteiger partial charge in [-0.25, -0.2) is 0 Å². The fraction of sp³-hybridized carbons (Fsp3) is 0.909. The number of nitrogens with zero attached hydrogens (tertiary/aromatic N) is 2. The van der Waals surface area contributed by atoms with Gasteiger partial charge < -0.3 is 10.6 Å². The molecule has 16 heavy (non-hydrogen) atoms. The van der Waals surface area contributed by atoms with Crippen LogP contribution in [0, 0.1) is 0 Å². The topological polar surface area (TPSA) is 39.7 Å². The largest absolute Gasteiger partial charge is 0.357 e. The first kappa shape index (κ1) is 16.0. The molecule has 1 rings (SSSR count). The van der Waals surface area contributed by atoms with Gasteiger partial charge in [0.15, 0.2) is 5.96 Å². The molecule has 0 spiro atoms. The quantitative estimate of drug-likeness (QED) is 0.460. The van der Waals surface area contributed by atoms with Crippen LogP contribution >= 0.6 is 24.0 Å². The van der Waals surface area contributed by atoms with Gasteiger partial charge in [-0.05, 0) is 32.9 Å². The van der Waals surface area contributed by atoms with E-state index < -0.39 is 0 Å². The van der Waals surface area contributed by atoms with Crippen molar-refractivity contribution >= 4 is 29.9 Å². The van der Waals surface area contributed by atoms with E-state index in [4.69, 9.17) is 0 Å². The molecule has 1 fully saturated rings. The van der Waals surface area contributed by atoms with Crippen LogP contribution in [0.25, 0.3) is 0 Å². The first-order valence-electron chi connectivity index (χ1n) is 6.00. The van der Waals surface area contributed by atoms with Gasteiger partial charge in [-0.2, -0.15) is 0 Å². The highest BCUT2D eigenvalue weighted by molar-refractivity contribution is 14.0. The highest BCUT2D eigenvalue weighted by atomic mass is 127. The third-order valence-electron chi connectivity index (χ3n) is 2.98. The van der Waals surface area contributed by atoms with E-state index in [-0.39, 0.29) is 24.0 Å². The Morgan fingerprint density at radius 1 is 1.38 bits per heavy atom. The van der Waals surface area contributed by atoms with Crippen molar-refractivity contribution in [1.82, 2.24) is 15.5 Å². The summed E-state index contributed by atoms with van der Waals surface area (Å²) in [6.07, 6.45) is 2.64. The second kappa shape index (κ2) is 9.04. The fourth-order valence-corrected chi connectivity index (χ4v) is 2.15. The summed E-state index contributed by atoms with van der Waals surface area (Å²) in [5, 5.41) is 6.58. The molecule has 96 valence electrons. The molecule has 4 nitrogen and oxygen atoms in total. The second-order valence-electron chi connectivity index (χ2n) is 3.91. The number of halogens is 1. The van der Waals surface area contributed by atoms with E-state index in [0.29, 0.717) is 6.04 Å². The van der Waals surface area contributed by atoms with E-state index in [9.17, 15) is 0 Å². The molecule has 2 N–H and O–H groups in total. The predicted octanol–water partition coefficient (Wildman–Crippen LogP) is 1.27. The molecule has 0 aromatic rings. The third-order valence-corrected chi connectivity index (χ3v) is 2.98. The Bertz CT molecular complexity index is 208. The maximum absolute atomic E-state index is 4.17. The molecular weight excluding hydrogens is 315 g/mol. The average Bonchev–Trinajstić information content (AvgIpc) is 2.71. The number of hydrogen-bond donors (Lipinski definition) is 2. The van der Waals surface area contributed by atoms with Crippen molar-refractivity contribution in [3.05, 3.63) is 0 Å². The van der Waals surface area contributed by atoms with Gasteiger partial charge in [0, 0.05) is 26.2 Å². The van der Waals surface area contributed by atoms with Crippen LogP contribution < -0.4 is 10.6 Å². The Kier molecular flexibility index (Phi) is 9.02. The van der Waals surface area contributed by atoms with Gasteiger partial charge >= 0.3 is 0 Å². The zero-order chi connectivity index (χ0) is 11.1. The Morgan fingerprint density at radius 2 is 2.12 bits per heavy atom. The summed E-state index contributed by atoms with van der Waals surface area (Å²) in [6, 6.07) is 0.686. The summed E-state index contributed by atoms with van der Waals surface area (Å²) in [5.41, 5.74) is 0. The molecule has 0 radical (unpaired) electrons. The molecule has 0 amide bonds. The molecule has 5 heteroatoms. The van der Waals surface area contributed by atoms with Crippen LogP contribution in [0.1, 0.15) is 26.7 Å². The van der Waals surface area contributed by atoms with E-state index in [1.165, 1.54) is 19.4 Å². The van der Waals surface area contributed by atoms with Crippen molar-refractivity contribution in [3.8, 4) is 0 Å². The molecule has 1 aliphatic rings. The summed E-state index contributed by atoms with van der Waals surface area (Å²) in [6.45, 7) is 8.66. The SMILES string of the molecule is CCNC(=NC)NCC1CCCN1CC.I. The Morgan fingerprint density at radius 3 is 2.69 bits per heavy atom. The van der Waals surface area contributed by atoms with Crippen LogP contribution in [0.15, 0.2) is 4.99 Å². The zero-order valence-electron chi connectivity index (χ0n) is 10.6. The lowest BCUT2D eigenvalue weighted by atomic mass is 10.2. The fourth-order valence-electron chi connectivity index (χ4n) is 2.15. The molecule has 0 aliphatic carbocycles. The molecule has 0 aromatic heterocycles. The summed E-state index contributed by atoms with van der Waals surface area (Å²) < 4.78 is 0. The maximum atomic E-state index is 4.17. The molecule has 1 atom stereocenters. The Labute approximate surface area is 116 Å². The van der Waals surface area contributed by atoms with Gasteiger partial charge in [-0.1, -0.05) is 6.92 Å². The Balaban J connectivity index is 0.00000225. The average molecular weight is 340 g/mol. The summed E-state index contributed by atoms with van der Waals surface area (Å²) >= 11 is 0. The monoisotopic (exact) mass is 340 g/mol. The lowest BCUT2D eigenvalue weighted by molar-refractivity contribution is 0.267. The normalized spacial score (nSPS) is 21.7. The van der Waals surface area contributed by atoms with Crippen LogP contribution in [0.3, 0.4) is 0 Å². The summed E-state index contributed by atoms with van der Waals surface area (Å²) in [7, 11) is 1.82. The molecule has 0 bridgehead atoms. The maximum Gasteiger partial charge on any atom is 0.191 e. The molecule has 0 aromatic carbocycles. The number of guanidine groups is 1. The smallest absolute Gasteiger partial charge is 0.191 e. The number of hydrogen-bond acceptors (Lipinski definition) is 2. The van der Waals surface area contributed by atoms with Crippen molar-refractivity contribution in [2.75, 3.05) is 33.2 Å². The second-order valence-corrected chi connectivity index (χ2v) is 3.91. The van der Waals surface area contributed by atoms with Crippen molar-refractivity contribution in [1.29, 1.82) is 0 Å². The minimum atomic E-state index is 0. The first-order valence-corrected chi connectivity index (χ1v) is 6.00. The van der Waals surface area contributed by atoms with Crippen LogP contribution in [0.2, 0.25) is 0 Å². The lowest BCUT2D eigenvalue weighted by Gasteiger charge is -2.23. The molecule has 0 saturated carbocycles. The van der Waals surface area contributed by atoms with Crippen LogP contribution in [-0.4, -0.2) is 50.1 Å². The van der Waals surface area contributed by atoms with Crippen molar-refractivity contribution in [3.63, 3.8) is 0 Å². The Hall–Kier alpha value is -0.0400. The number of aliphatic imine (C=N–C) groups is 1. The van der Waals surface area contributed by atoms with Gasteiger partial charge in [-0.15, -0.1) is 24.0 Å². The van der Waals surface area contributed by atoms with E-state index in [1.807, 2.05) is 7.05 Å². The van der Waals surface area contributed by atoms with Crippen LogP contribution in [0.5, 0.6) is 0 Å². The van der Waals surface area contributed by atoms with Gasteiger partial charge in [0.2, 0.25) is 0 Å². The number of likely N-dealkylation sites (tertiary alicyclic amines) is 1. The lowest BCUT2D eigenvalue weighted by Crippen LogP contribution is -2.44. The number of nitrogens with one attached hydrogen (secondary N) is 2. The highest BCUT2D eigenvalue weighted by Crippen LogP contribution is 2.15. The van der Waals surface area contributed by atoms with Crippen molar-refractivity contribution in [2.24, 2.45) is 4.99 Å². The summed E-state index contributed by atoms with van der Waals surface area (Å²) in [4.78, 5) is 6.70. The molecule has 1 unspecified atom stereocenters. The van der Waals surface area contributed by atoms with E-state index in [2.05, 4.69) is 34.4 Å². The highest BCUT2D eigenvalue weighted by Gasteiger charge is 2.22.